The smallest absolute Gasteiger partial charge is 0.293 e. The van der Waals surface area contributed by atoms with Crippen LogP contribution in [0, 0.1) is 0 Å². The van der Waals surface area contributed by atoms with Gasteiger partial charge in [-0.3, -0.25) is 4.79 Å². The van der Waals surface area contributed by atoms with Crippen molar-refractivity contribution in [1.82, 2.24) is 14.5 Å². The maximum absolute atomic E-state index is 12.2. The molecule has 6 heteroatoms. The molecule has 0 aromatic carbocycles. The molecular formula is C14H18N4O2. The monoisotopic (exact) mass is 274 g/mol. The van der Waals surface area contributed by atoms with Crippen LogP contribution in [-0.4, -0.2) is 21.6 Å². The largest absolute Gasteiger partial charge is 0.481 e. The first kappa shape index (κ1) is 14.0. The lowest BCUT2D eigenvalue weighted by Gasteiger charge is -2.12. The molecule has 20 heavy (non-hydrogen) atoms. The number of rotatable bonds is 5. The topological polar surface area (TPSA) is 69.0 Å². The molecule has 0 saturated heterocycles. The number of anilines is 1. The van der Waals surface area contributed by atoms with Crippen molar-refractivity contribution >= 4 is 5.82 Å². The Bertz CT molecular complexity index is 637. The zero-order chi connectivity index (χ0) is 14.5. The lowest BCUT2D eigenvalue weighted by molar-refractivity contribution is 0.393. The number of pyridine rings is 1. The molecule has 0 unspecified atom stereocenters. The molecule has 6 nitrogen and oxygen atoms in total. The van der Waals surface area contributed by atoms with Gasteiger partial charge in [0.05, 0.1) is 7.11 Å². The van der Waals surface area contributed by atoms with Gasteiger partial charge in [-0.05, 0) is 19.9 Å². The second kappa shape index (κ2) is 6.18. The van der Waals surface area contributed by atoms with Crippen LogP contribution in [0.3, 0.4) is 0 Å². The van der Waals surface area contributed by atoms with Crippen molar-refractivity contribution in [1.29, 1.82) is 0 Å². The third kappa shape index (κ3) is 2.96. The van der Waals surface area contributed by atoms with Gasteiger partial charge >= 0.3 is 0 Å². The summed E-state index contributed by atoms with van der Waals surface area (Å²) in [6.07, 6.45) is 4.96. The Labute approximate surface area is 117 Å². The van der Waals surface area contributed by atoms with Gasteiger partial charge < -0.3 is 14.6 Å². The molecule has 0 spiro atoms. The van der Waals surface area contributed by atoms with E-state index in [0.717, 1.165) is 5.56 Å². The van der Waals surface area contributed by atoms with Crippen LogP contribution >= 0.6 is 0 Å². The molecule has 0 saturated carbocycles. The van der Waals surface area contributed by atoms with Crippen molar-refractivity contribution in [3.63, 3.8) is 0 Å². The predicted octanol–water partition coefficient (Wildman–Crippen LogP) is 1.84. The van der Waals surface area contributed by atoms with E-state index in [4.69, 9.17) is 4.74 Å². The fourth-order valence-electron chi connectivity index (χ4n) is 1.87. The lowest BCUT2D eigenvalue weighted by Crippen LogP contribution is -2.25. The van der Waals surface area contributed by atoms with E-state index in [1.807, 2.05) is 26.0 Å². The SMILES string of the molecule is COc1ncccc1CNc1nccn(C(C)C)c1=O. The van der Waals surface area contributed by atoms with Crippen LogP contribution in [0.5, 0.6) is 5.88 Å². The summed E-state index contributed by atoms with van der Waals surface area (Å²) < 4.78 is 6.81. The normalized spacial score (nSPS) is 10.6. The Morgan fingerprint density at radius 1 is 1.35 bits per heavy atom. The van der Waals surface area contributed by atoms with E-state index in [9.17, 15) is 4.79 Å². The molecule has 0 aliphatic carbocycles. The number of hydrogen-bond acceptors (Lipinski definition) is 5. The van der Waals surface area contributed by atoms with Crippen LogP contribution in [0.2, 0.25) is 0 Å². The van der Waals surface area contributed by atoms with Crippen LogP contribution in [-0.2, 0) is 6.54 Å². The van der Waals surface area contributed by atoms with Crippen molar-refractivity contribution in [2.24, 2.45) is 0 Å². The van der Waals surface area contributed by atoms with Gasteiger partial charge in [0.2, 0.25) is 5.88 Å². The maximum Gasteiger partial charge on any atom is 0.293 e. The predicted molar refractivity (Wildman–Crippen MR) is 77.0 cm³/mol. The van der Waals surface area contributed by atoms with Gasteiger partial charge in [-0.2, -0.15) is 0 Å². The Morgan fingerprint density at radius 2 is 2.15 bits per heavy atom. The van der Waals surface area contributed by atoms with Crippen LogP contribution in [0.25, 0.3) is 0 Å². The van der Waals surface area contributed by atoms with Gasteiger partial charge in [-0.15, -0.1) is 0 Å². The fraction of sp³-hybridized carbons (Fsp3) is 0.357. The molecule has 0 aliphatic heterocycles. The minimum Gasteiger partial charge on any atom is -0.481 e. The molecule has 0 aliphatic rings. The molecule has 0 amide bonds. The van der Waals surface area contributed by atoms with E-state index in [1.165, 1.54) is 0 Å². The summed E-state index contributed by atoms with van der Waals surface area (Å²) >= 11 is 0. The van der Waals surface area contributed by atoms with E-state index in [0.29, 0.717) is 18.2 Å². The zero-order valence-electron chi connectivity index (χ0n) is 11.8. The fourth-order valence-corrected chi connectivity index (χ4v) is 1.87. The molecule has 2 aromatic heterocycles. The van der Waals surface area contributed by atoms with Gasteiger partial charge in [0.25, 0.3) is 5.56 Å². The molecule has 0 atom stereocenters. The molecule has 0 fully saturated rings. The summed E-state index contributed by atoms with van der Waals surface area (Å²) in [7, 11) is 1.57. The number of ether oxygens (including phenoxy) is 1. The van der Waals surface area contributed by atoms with Crippen molar-refractivity contribution in [3.8, 4) is 5.88 Å². The number of hydrogen-bond donors (Lipinski definition) is 1. The van der Waals surface area contributed by atoms with Crippen LogP contribution < -0.4 is 15.6 Å². The molecule has 106 valence electrons. The van der Waals surface area contributed by atoms with Gasteiger partial charge in [0, 0.05) is 36.7 Å². The molecule has 2 heterocycles. The first-order valence-corrected chi connectivity index (χ1v) is 6.42. The summed E-state index contributed by atoms with van der Waals surface area (Å²) in [4.78, 5) is 20.4. The Morgan fingerprint density at radius 3 is 2.85 bits per heavy atom. The Kier molecular flexibility index (Phi) is 4.34. The van der Waals surface area contributed by atoms with Crippen LogP contribution in [0.1, 0.15) is 25.5 Å². The zero-order valence-corrected chi connectivity index (χ0v) is 11.8. The van der Waals surface area contributed by atoms with E-state index >= 15 is 0 Å². The van der Waals surface area contributed by atoms with Gasteiger partial charge in [0.15, 0.2) is 5.82 Å². The maximum atomic E-state index is 12.2. The number of methoxy groups -OCH3 is 1. The van der Waals surface area contributed by atoms with Crippen LogP contribution in [0.4, 0.5) is 5.82 Å². The molecule has 0 bridgehead atoms. The molecule has 2 rings (SSSR count). The average molecular weight is 274 g/mol. The summed E-state index contributed by atoms with van der Waals surface area (Å²) in [5.74, 6) is 0.868. The first-order valence-electron chi connectivity index (χ1n) is 6.42. The minimum absolute atomic E-state index is 0.0963. The second-order valence-corrected chi connectivity index (χ2v) is 4.61. The van der Waals surface area contributed by atoms with Crippen LogP contribution in [0.15, 0.2) is 35.5 Å². The summed E-state index contributed by atoms with van der Waals surface area (Å²) in [5, 5.41) is 3.03. The van der Waals surface area contributed by atoms with Crippen molar-refractivity contribution in [2.45, 2.75) is 26.4 Å². The quantitative estimate of drug-likeness (QED) is 0.901. The van der Waals surface area contributed by atoms with Gasteiger partial charge in [-0.25, -0.2) is 9.97 Å². The third-order valence-corrected chi connectivity index (χ3v) is 2.91. The molecule has 0 radical (unpaired) electrons. The molecule has 2 aromatic rings. The summed E-state index contributed by atoms with van der Waals surface area (Å²) in [6.45, 7) is 4.34. The van der Waals surface area contributed by atoms with Gasteiger partial charge in [0.1, 0.15) is 0 Å². The van der Waals surface area contributed by atoms with E-state index < -0.39 is 0 Å². The number of nitrogens with zero attached hydrogens (tertiary/aromatic N) is 3. The molecule has 1 N–H and O–H groups in total. The van der Waals surface area contributed by atoms with E-state index in [-0.39, 0.29) is 11.6 Å². The van der Waals surface area contributed by atoms with E-state index in [2.05, 4.69) is 15.3 Å². The van der Waals surface area contributed by atoms with Gasteiger partial charge in [-0.1, -0.05) is 6.07 Å². The lowest BCUT2D eigenvalue weighted by atomic mass is 10.2. The standard InChI is InChI=1S/C14H18N4O2/c1-10(2)18-8-7-15-12(14(18)19)17-9-11-5-4-6-16-13(11)20-3/h4-8,10H,9H2,1-3H3,(H,15,17). The highest BCUT2D eigenvalue weighted by atomic mass is 16.5. The molecular weight excluding hydrogens is 256 g/mol. The summed E-state index contributed by atoms with van der Waals surface area (Å²) in [6, 6.07) is 3.81. The minimum atomic E-state index is -0.134. The number of nitrogens with one attached hydrogen (secondary N) is 1. The summed E-state index contributed by atoms with van der Waals surface area (Å²) in [5.41, 5.74) is 0.738. The Hall–Kier alpha value is -2.37. The number of aromatic nitrogens is 3. The van der Waals surface area contributed by atoms with Crippen molar-refractivity contribution in [3.05, 3.63) is 46.6 Å². The highest BCUT2D eigenvalue weighted by Crippen LogP contribution is 2.14. The first-order chi connectivity index (χ1) is 9.63. The second-order valence-electron chi connectivity index (χ2n) is 4.61. The highest BCUT2D eigenvalue weighted by molar-refractivity contribution is 5.35. The average Bonchev–Trinajstić information content (AvgIpc) is 2.46. The van der Waals surface area contributed by atoms with E-state index in [1.54, 1.807) is 30.3 Å². The van der Waals surface area contributed by atoms with Crippen molar-refractivity contribution < 1.29 is 4.74 Å². The van der Waals surface area contributed by atoms with Crippen molar-refractivity contribution in [2.75, 3.05) is 12.4 Å². The third-order valence-electron chi connectivity index (χ3n) is 2.91. The highest BCUT2D eigenvalue weighted by Gasteiger charge is 2.08. The Balaban J connectivity index is 2.19.